The highest BCUT2D eigenvalue weighted by Gasteiger charge is 2.28. The number of rotatable bonds is 6. The maximum Gasteiger partial charge on any atom is 0.223 e. The predicted molar refractivity (Wildman–Crippen MR) is 85.7 cm³/mol. The summed E-state index contributed by atoms with van der Waals surface area (Å²) in [5, 5.41) is 13.1. The molecule has 1 unspecified atom stereocenters. The number of carbonyl (C=O) groups excluding carboxylic acids is 1. The molecule has 1 aliphatic rings. The minimum absolute atomic E-state index is 0.0141. The summed E-state index contributed by atoms with van der Waals surface area (Å²) in [6.07, 6.45) is 0. The van der Waals surface area contributed by atoms with Gasteiger partial charge in [0.15, 0.2) is 5.82 Å². The Labute approximate surface area is 134 Å². The van der Waals surface area contributed by atoms with Gasteiger partial charge in [0, 0.05) is 11.5 Å². The molecule has 7 nitrogen and oxygen atoms in total. The molecule has 0 aliphatic carbocycles. The van der Waals surface area contributed by atoms with E-state index >= 15 is 0 Å². The molecule has 3 N–H and O–H groups in total. The lowest BCUT2D eigenvalue weighted by atomic mass is 9.88. The Morgan fingerprint density at radius 2 is 2.13 bits per heavy atom. The molecule has 1 saturated heterocycles. The summed E-state index contributed by atoms with van der Waals surface area (Å²) < 4.78 is 5.13. The average Bonchev–Trinajstić information content (AvgIpc) is 3.00. The lowest BCUT2D eigenvalue weighted by Crippen LogP contribution is -2.49. The molecule has 0 spiro atoms. The van der Waals surface area contributed by atoms with Crippen LogP contribution in [0.15, 0.2) is 24.3 Å². The van der Waals surface area contributed by atoms with E-state index in [1.807, 2.05) is 31.2 Å². The van der Waals surface area contributed by atoms with Gasteiger partial charge in [0.1, 0.15) is 11.6 Å². The largest absolute Gasteiger partial charge is 0.497 e. The first-order valence-electron chi connectivity index (χ1n) is 7.71. The molecular formula is C16H21N5O2. The average molecular weight is 315 g/mol. The van der Waals surface area contributed by atoms with Gasteiger partial charge in [-0.25, -0.2) is 4.98 Å². The van der Waals surface area contributed by atoms with E-state index in [-0.39, 0.29) is 11.8 Å². The maximum absolute atomic E-state index is 12.1. The summed E-state index contributed by atoms with van der Waals surface area (Å²) in [7, 11) is 1.63. The molecule has 1 aromatic heterocycles. The number of methoxy groups -OCH3 is 1. The second-order valence-electron chi connectivity index (χ2n) is 5.76. The van der Waals surface area contributed by atoms with E-state index in [1.165, 1.54) is 0 Å². The molecule has 1 atom stereocenters. The van der Waals surface area contributed by atoms with Crippen LogP contribution in [0.25, 0.3) is 11.4 Å². The highest BCUT2D eigenvalue weighted by atomic mass is 16.5. The maximum atomic E-state index is 12.1. The number of aromatic amines is 1. The van der Waals surface area contributed by atoms with Crippen LogP contribution in [0.4, 0.5) is 0 Å². The second kappa shape index (κ2) is 6.78. The molecule has 3 rings (SSSR count). The van der Waals surface area contributed by atoms with Crippen molar-refractivity contribution in [1.29, 1.82) is 0 Å². The summed E-state index contributed by atoms with van der Waals surface area (Å²) in [5.41, 5.74) is 0.897. The normalized spacial score (nSPS) is 15.7. The van der Waals surface area contributed by atoms with Gasteiger partial charge in [-0.1, -0.05) is 6.92 Å². The summed E-state index contributed by atoms with van der Waals surface area (Å²) in [6, 6.07) is 7.52. The number of nitrogens with zero attached hydrogens (tertiary/aromatic N) is 2. The number of nitrogens with one attached hydrogen (secondary N) is 3. The minimum atomic E-state index is 0.0141. The van der Waals surface area contributed by atoms with Crippen molar-refractivity contribution in [2.45, 2.75) is 13.5 Å². The number of hydrogen-bond donors (Lipinski definition) is 3. The Morgan fingerprint density at radius 3 is 2.74 bits per heavy atom. The molecule has 1 aliphatic heterocycles. The predicted octanol–water partition coefficient (Wildman–Crippen LogP) is 0.952. The Hall–Kier alpha value is -2.41. The van der Waals surface area contributed by atoms with Gasteiger partial charge in [-0.05, 0) is 43.3 Å². The standard InChI is InChI=1S/C16H21N5O2/c1-10(12-7-17-8-12)16(22)18-9-14-19-15(21-20-14)11-3-5-13(23-2)6-4-11/h3-6,10,12,17H,7-9H2,1-2H3,(H,18,22)(H,19,20,21). The number of benzene rings is 1. The first-order chi connectivity index (χ1) is 11.2. The van der Waals surface area contributed by atoms with E-state index in [4.69, 9.17) is 4.74 Å². The molecule has 1 aromatic carbocycles. The van der Waals surface area contributed by atoms with E-state index in [9.17, 15) is 4.79 Å². The van der Waals surface area contributed by atoms with Gasteiger partial charge in [-0.15, -0.1) is 0 Å². The van der Waals surface area contributed by atoms with Gasteiger partial charge >= 0.3 is 0 Å². The molecule has 1 amide bonds. The smallest absolute Gasteiger partial charge is 0.223 e. The van der Waals surface area contributed by atoms with Crippen LogP contribution in [-0.4, -0.2) is 41.3 Å². The third kappa shape index (κ3) is 3.50. The molecular weight excluding hydrogens is 294 g/mol. The Kier molecular flexibility index (Phi) is 4.57. The van der Waals surface area contributed by atoms with E-state index in [2.05, 4.69) is 25.8 Å². The fraction of sp³-hybridized carbons (Fsp3) is 0.438. The lowest BCUT2D eigenvalue weighted by molar-refractivity contribution is -0.126. The van der Waals surface area contributed by atoms with Crippen molar-refractivity contribution in [2.75, 3.05) is 20.2 Å². The van der Waals surface area contributed by atoms with Crippen LogP contribution in [0.3, 0.4) is 0 Å². The zero-order valence-electron chi connectivity index (χ0n) is 13.3. The molecule has 0 radical (unpaired) electrons. The fourth-order valence-electron chi connectivity index (χ4n) is 2.45. The fourth-order valence-corrected chi connectivity index (χ4v) is 2.45. The molecule has 2 aromatic rings. The zero-order chi connectivity index (χ0) is 16.2. The topological polar surface area (TPSA) is 91.9 Å². The molecule has 2 heterocycles. The third-order valence-electron chi connectivity index (χ3n) is 4.24. The first kappa shape index (κ1) is 15.5. The van der Waals surface area contributed by atoms with Crippen molar-refractivity contribution in [3.63, 3.8) is 0 Å². The quantitative estimate of drug-likeness (QED) is 0.738. The van der Waals surface area contributed by atoms with E-state index in [0.29, 0.717) is 24.1 Å². The summed E-state index contributed by atoms with van der Waals surface area (Å²) in [4.78, 5) is 16.5. The van der Waals surface area contributed by atoms with Gasteiger partial charge in [-0.2, -0.15) is 5.10 Å². The highest BCUT2D eigenvalue weighted by Crippen LogP contribution is 2.19. The Morgan fingerprint density at radius 1 is 1.39 bits per heavy atom. The van der Waals surface area contributed by atoms with Crippen LogP contribution >= 0.6 is 0 Å². The Balaban J connectivity index is 1.57. The van der Waals surface area contributed by atoms with Crippen molar-refractivity contribution < 1.29 is 9.53 Å². The van der Waals surface area contributed by atoms with Crippen molar-refractivity contribution in [2.24, 2.45) is 11.8 Å². The number of hydrogen-bond acceptors (Lipinski definition) is 5. The van der Waals surface area contributed by atoms with Gasteiger partial charge < -0.3 is 15.4 Å². The Bertz CT molecular complexity index is 663. The van der Waals surface area contributed by atoms with Crippen molar-refractivity contribution in [3.8, 4) is 17.1 Å². The van der Waals surface area contributed by atoms with Crippen molar-refractivity contribution in [1.82, 2.24) is 25.8 Å². The van der Waals surface area contributed by atoms with Gasteiger partial charge in [-0.3, -0.25) is 9.89 Å². The number of carbonyl (C=O) groups is 1. The van der Waals surface area contributed by atoms with Crippen LogP contribution in [0.1, 0.15) is 12.7 Å². The number of ether oxygens (including phenoxy) is 1. The molecule has 7 heteroatoms. The highest BCUT2D eigenvalue weighted by molar-refractivity contribution is 5.78. The van der Waals surface area contributed by atoms with Gasteiger partial charge in [0.05, 0.1) is 13.7 Å². The third-order valence-corrected chi connectivity index (χ3v) is 4.24. The van der Waals surface area contributed by atoms with E-state index < -0.39 is 0 Å². The number of amides is 1. The summed E-state index contributed by atoms with van der Waals surface area (Å²) >= 11 is 0. The second-order valence-corrected chi connectivity index (χ2v) is 5.76. The van der Waals surface area contributed by atoms with E-state index in [0.717, 1.165) is 24.4 Å². The van der Waals surface area contributed by atoms with Crippen LogP contribution < -0.4 is 15.4 Å². The molecule has 23 heavy (non-hydrogen) atoms. The molecule has 122 valence electrons. The van der Waals surface area contributed by atoms with Crippen LogP contribution in [0.5, 0.6) is 5.75 Å². The van der Waals surface area contributed by atoms with Crippen LogP contribution in [0, 0.1) is 11.8 Å². The van der Waals surface area contributed by atoms with Crippen LogP contribution in [-0.2, 0) is 11.3 Å². The van der Waals surface area contributed by atoms with Crippen molar-refractivity contribution >= 4 is 5.91 Å². The molecule has 0 bridgehead atoms. The van der Waals surface area contributed by atoms with Crippen LogP contribution in [0.2, 0.25) is 0 Å². The zero-order valence-corrected chi connectivity index (χ0v) is 13.3. The summed E-state index contributed by atoms with van der Waals surface area (Å²) in [6.45, 7) is 4.15. The number of aromatic nitrogens is 3. The van der Waals surface area contributed by atoms with E-state index in [1.54, 1.807) is 7.11 Å². The van der Waals surface area contributed by atoms with Gasteiger partial charge in [0.25, 0.3) is 0 Å². The molecule has 0 saturated carbocycles. The minimum Gasteiger partial charge on any atom is -0.497 e. The lowest BCUT2D eigenvalue weighted by Gasteiger charge is -2.31. The molecule has 1 fully saturated rings. The monoisotopic (exact) mass is 315 g/mol. The first-order valence-corrected chi connectivity index (χ1v) is 7.71. The van der Waals surface area contributed by atoms with Gasteiger partial charge in [0.2, 0.25) is 5.91 Å². The number of H-pyrrole nitrogens is 1. The van der Waals surface area contributed by atoms with Crippen molar-refractivity contribution in [3.05, 3.63) is 30.1 Å². The summed E-state index contributed by atoms with van der Waals surface area (Å²) in [5.74, 6) is 2.53. The SMILES string of the molecule is COc1ccc(-c2n[nH]c(CNC(=O)C(C)C3CNC3)n2)cc1.